The highest BCUT2D eigenvalue weighted by molar-refractivity contribution is 7.94. The van der Waals surface area contributed by atoms with Gasteiger partial charge < -0.3 is 4.74 Å². The second-order valence-electron chi connectivity index (χ2n) is 4.94. The molecule has 2 fully saturated rings. The highest BCUT2D eigenvalue weighted by Gasteiger charge is 2.68. The smallest absolute Gasteiger partial charge is 0.159 e. The lowest BCUT2D eigenvalue weighted by molar-refractivity contribution is 0.0623. The van der Waals surface area contributed by atoms with E-state index < -0.39 is 9.84 Å². The minimum absolute atomic E-state index is 0.0183. The molecule has 0 unspecified atom stereocenters. The van der Waals surface area contributed by atoms with Crippen molar-refractivity contribution in [1.29, 1.82) is 0 Å². The molecule has 4 rings (SSSR count). The standard InChI is InChI=1S/C12H12O3S/c1-6-9-10-7-4-2-3-5-8(7)11(15-10)12(9)16(6,13)14/h2-6,9-12H,1H3/t6-,9+,10-,11-,12+/m0/s1. The first-order chi connectivity index (χ1) is 7.62. The van der Waals surface area contributed by atoms with Gasteiger partial charge in [-0.1, -0.05) is 24.3 Å². The molecular weight excluding hydrogens is 224 g/mol. The summed E-state index contributed by atoms with van der Waals surface area (Å²) in [5.74, 6) is 0.185. The minimum Gasteiger partial charge on any atom is -0.364 e. The molecule has 0 aliphatic carbocycles. The lowest BCUT2D eigenvalue weighted by atomic mass is 9.81. The summed E-state index contributed by atoms with van der Waals surface area (Å²) in [5, 5.41) is -0.511. The van der Waals surface area contributed by atoms with Gasteiger partial charge in [0.1, 0.15) is 6.10 Å². The first kappa shape index (κ1) is 9.19. The number of fused-ring (bicyclic) bond motifs is 8. The summed E-state index contributed by atoms with van der Waals surface area (Å²) in [4.78, 5) is 0. The number of hydrogen-bond acceptors (Lipinski definition) is 3. The van der Waals surface area contributed by atoms with Gasteiger partial charge in [-0.15, -0.1) is 0 Å². The zero-order chi connectivity index (χ0) is 11.1. The Morgan fingerprint density at radius 3 is 2.44 bits per heavy atom. The molecule has 0 spiro atoms. The van der Waals surface area contributed by atoms with E-state index in [4.69, 9.17) is 4.74 Å². The van der Waals surface area contributed by atoms with Crippen LogP contribution in [-0.4, -0.2) is 18.9 Å². The first-order valence-corrected chi connectivity index (χ1v) is 7.20. The monoisotopic (exact) mass is 236 g/mol. The van der Waals surface area contributed by atoms with Crippen LogP contribution in [0.4, 0.5) is 0 Å². The molecule has 4 heteroatoms. The van der Waals surface area contributed by atoms with Crippen LogP contribution in [0, 0.1) is 5.92 Å². The molecule has 3 aliphatic heterocycles. The molecule has 0 radical (unpaired) electrons. The summed E-state index contributed by atoms with van der Waals surface area (Å²) in [6, 6.07) is 8.00. The Morgan fingerprint density at radius 2 is 1.75 bits per heavy atom. The molecule has 0 amide bonds. The van der Waals surface area contributed by atoms with Crippen LogP contribution in [0.15, 0.2) is 24.3 Å². The van der Waals surface area contributed by atoms with Gasteiger partial charge in [-0.05, 0) is 18.1 Å². The van der Waals surface area contributed by atoms with E-state index in [1.165, 1.54) is 5.56 Å². The summed E-state index contributed by atoms with van der Waals surface area (Å²) < 4.78 is 29.8. The highest BCUT2D eigenvalue weighted by atomic mass is 32.2. The summed E-state index contributed by atoms with van der Waals surface area (Å²) in [6.07, 6.45) is -0.183. The third-order valence-electron chi connectivity index (χ3n) is 4.37. The third kappa shape index (κ3) is 0.769. The second kappa shape index (κ2) is 2.51. The molecule has 0 aromatic heterocycles. The molecule has 2 saturated heterocycles. The Bertz CT molecular complexity index is 578. The van der Waals surface area contributed by atoms with Crippen molar-refractivity contribution in [3.8, 4) is 0 Å². The molecule has 0 N–H and O–H groups in total. The topological polar surface area (TPSA) is 43.4 Å². The number of rotatable bonds is 0. The Morgan fingerprint density at radius 1 is 1.12 bits per heavy atom. The molecule has 2 bridgehead atoms. The molecule has 3 aliphatic rings. The van der Waals surface area contributed by atoms with E-state index in [9.17, 15) is 8.42 Å². The zero-order valence-electron chi connectivity index (χ0n) is 8.83. The number of ether oxygens (including phenoxy) is 1. The normalized spacial score (nSPS) is 45.9. The Balaban J connectivity index is 1.92. The average Bonchev–Trinajstić information content (AvgIpc) is 2.83. The number of hydrogen-bond donors (Lipinski definition) is 0. The van der Waals surface area contributed by atoms with Gasteiger partial charge in [0.15, 0.2) is 9.84 Å². The maximum atomic E-state index is 12.0. The maximum Gasteiger partial charge on any atom is 0.159 e. The van der Waals surface area contributed by atoms with Crippen LogP contribution >= 0.6 is 0 Å². The molecule has 84 valence electrons. The summed E-state index contributed by atoms with van der Waals surface area (Å²) in [6.45, 7) is 1.81. The van der Waals surface area contributed by atoms with Crippen LogP contribution in [0.3, 0.4) is 0 Å². The van der Waals surface area contributed by atoms with Gasteiger partial charge in [0, 0.05) is 5.92 Å². The first-order valence-electron chi connectivity index (χ1n) is 5.59. The molecule has 1 aromatic carbocycles. The highest BCUT2D eigenvalue weighted by Crippen LogP contribution is 2.63. The van der Waals surface area contributed by atoms with Crippen molar-refractivity contribution in [2.24, 2.45) is 5.92 Å². The molecule has 3 heterocycles. The van der Waals surface area contributed by atoms with Crippen molar-refractivity contribution < 1.29 is 13.2 Å². The van der Waals surface area contributed by atoms with Crippen molar-refractivity contribution in [2.45, 2.75) is 29.6 Å². The molecule has 0 saturated carbocycles. The molecule has 1 aromatic rings. The van der Waals surface area contributed by atoms with E-state index >= 15 is 0 Å². The van der Waals surface area contributed by atoms with Crippen LogP contribution in [0.1, 0.15) is 30.3 Å². The average molecular weight is 236 g/mol. The molecule has 16 heavy (non-hydrogen) atoms. The van der Waals surface area contributed by atoms with Gasteiger partial charge in [0.2, 0.25) is 0 Å². The van der Waals surface area contributed by atoms with E-state index in [2.05, 4.69) is 6.07 Å². The van der Waals surface area contributed by atoms with Crippen LogP contribution in [0.2, 0.25) is 0 Å². The van der Waals surface area contributed by atoms with Crippen LogP contribution in [-0.2, 0) is 14.6 Å². The Hall–Kier alpha value is -0.870. The Kier molecular flexibility index (Phi) is 1.44. The fourth-order valence-electron chi connectivity index (χ4n) is 3.54. The summed E-state index contributed by atoms with van der Waals surface area (Å²) >= 11 is 0. The van der Waals surface area contributed by atoms with Gasteiger partial charge in [-0.25, -0.2) is 8.42 Å². The van der Waals surface area contributed by atoms with Crippen molar-refractivity contribution >= 4 is 9.84 Å². The summed E-state index contributed by atoms with van der Waals surface area (Å²) in [7, 11) is -2.94. The number of benzene rings is 1. The van der Waals surface area contributed by atoms with E-state index in [-0.39, 0.29) is 28.6 Å². The predicted molar refractivity (Wildman–Crippen MR) is 58.7 cm³/mol. The van der Waals surface area contributed by atoms with E-state index in [1.807, 2.05) is 25.1 Å². The Labute approximate surface area is 94.3 Å². The van der Waals surface area contributed by atoms with Gasteiger partial charge in [-0.3, -0.25) is 0 Å². The van der Waals surface area contributed by atoms with Gasteiger partial charge in [0.05, 0.1) is 16.6 Å². The van der Waals surface area contributed by atoms with E-state index in [1.54, 1.807) is 0 Å². The van der Waals surface area contributed by atoms with Crippen LogP contribution < -0.4 is 0 Å². The van der Waals surface area contributed by atoms with E-state index in [0.29, 0.717) is 0 Å². The largest absolute Gasteiger partial charge is 0.364 e. The summed E-state index contributed by atoms with van der Waals surface area (Å²) in [5.41, 5.74) is 2.29. The third-order valence-corrected chi connectivity index (χ3v) is 7.04. The molecule has 5 atom stereocenters. The number of sulfone groups is 1. The van der Waals surface area contributed by atoms with Crippen molar-refractivity contribution in [3.05, 3.63) is 35.4 Å². The van der Waals surface area contributed by atoms with Crippen LogP contribution in [0.5, 0.6) is 0 Å². The van der Waals surface area contributed by atoms with Gasteiger partial charge >= 0.3 is 0 Å². The van der Waals surface area contributed by atoms with Gasteiger partial charge in [0.25, 0.3) is 0 Å². The van der Waals surface area contributed by atoms with Crippen LogP contribution in [0.25, 0.3) is 0 Å². The second-order valence-corrected chi connectivity index (χ2v) is 7.41. The zero-order valence-corrected chi connectivity index (χ0v) is 9.65. The maximum absolute atomic E-state index is 12.0. The van der Waals surface area contributed by atoms with Crippen molar-refractivity contribution in [3.63, 3.8) is 0 Å². The lowest BCUT2D eigenvalue weighted by Gasteiger charge is -2.43. The van der Waals surface area contributed by atoms with Crippen molar-refractivity contribution in [2.75, 3.05) is 0 Å². The quantitative estimate of drug-likeness (QED) is 0.687. The van der Waals surface area contributed by atoms with Gasteiger partial charge in [-0.2, -0.15) is 0 Å². The predicted octanol–water partition coefficient (Wildman–Crippen LogP) is 1.61. The fraction of sp³-hybridized carbons (Fsp3) is 0.500. The molecule has 3 nitrogen and oxygen atoms in total. The SMILES string of the molecule is C[C@H]1[C@H]2[C@H]([C@H]3O[C@H]2c2ccccc23)S1(=O)=O. The minimum atomic E-state index is -2.94. The lowest BCUT2D eigenvalue weighted by Crippen LogP contribution is -2.55. The molecular formula is C12H12O3S. The fourth-order valence-corrected chi connectivity index (χ4v) is 5.89. The van der Waals surface area contributed by atoms with E-state index in [0.717, 1.165) is 5.56 Å². The van der Waals surface area contributed by atoms with Crippen molar-refractivity contribution in [1.82, 2.24) is 0 Å².